The second kappa shape index (κ2) is 10.6. The highest BCUT2D eigenvalue weighted by atomic mass is 16.5. The molecule has 0 bridgehead atoms. The van der Waals surface area contributed by atoms with E-state index in [1.54, 1.807) is 18.7 Å². The van der Waals surface area contributed by atoms with Crippen molar-refractivity contribution in [3.63, 3.8) is 0 Å². The molecule has 7 nitrogen and oxygen atoms in total. The molecule has 0 spiro atoms. The molecule has 2 N–H and O–H groups in total. The van der Waals surface area contributed by atoms with Gasteiger partial charge in [0, 0.05) is 19.4 Å². The molecular formula is C21H34N2O5. The van der Waals surface area contributed by atoms with Crippen molar-refractivity contribution in [2.75, 3.05) is 19.8 Å². The third kappa shape index (κ3) is 6.93. The van der Waals surface area contributed by atoms with Crippen molar-refractivity contribution in [2.24, 2.45) is 5.92 Å². The number of rotatable bonds is 3. The number of cyclic esters (lactones) is 1. The number of likely N-dealkylation sites (tertiary alicyclic amines) is 1. The molecule has 2 amide bonds. The summed E-state index contributed by atoms with van der Waals surface area (Å²) in [7, 11) is 0. The van der Waals surface area contributed by atoms with Crippen LogP contribution in [0.3, 0.4) is 0 Å². The normalized spacial score (nSPS) is 27.0. The van der Waals surface area contributed by atoms with E-state index in [0.29, 0.717) is 19.4 Å². The predicted octanol–water partition coefficient (Wildman–Crippen LogP) is 1.93. The van der Waals surface area contributed by atoms with E-state index in [2.05, 4.69) is 5.32 Å². The van der Waals surface area contributed by atoms with Crippen LogP contribution < -0.4 is 5.32 Å². The Morgan fingerprint density at radius 1 is 1.29 bits per heavy atom. The summed E-state index contributed by atoms with van der Waals surface area (Å²) in [5, 5.41) is 12.4. The minimum absolute atomic E-state index is 0.0408. The van der Waals surface area contributed by atoms with Crippen LogP contribution in [0.25, 0.3) is 0 Å². The fourth-order valence-electron chi connectivity index (χ4n) is 3.68. The van der Waals surface area contributed by atoms with Crippen LogP contribution in [0.15, 0.2) is 12.2 Å². The van der Waals surface area contributed by atoms with Gasteiger partial charge in [0.05, 0.1) is 24.1 Å². The van der Waals surface area contributed by atoms with Crippen molar-refractivity contribution in [3.05, 3.63) is 12.2 Å². The van der Waals surface area contributed by atoms with Crippen LogP contribution >= 0.6 is 0 Å². The number of carbonyl (C=O) groups excluding carboxylic acids is 3. The van der Waals surface area contributed by atoms with Gasteiger partial charge in [-0.25, -0.2) is 0 Å². The zero-order valence-electron chi connectivity index (χ0n) is 17.1. The summed E-state index contributed by atoms with van der Waals surface area (Å²) in [6.45, 7) is 4.31. The van der Waals surface area contributed by atoms with Crippen molar-refractivity contribution < 1.29 is 24.2 Å². The van der Waals surface area contributed by atoms with Crippen LogP contribution in [0.5, 0.6) is 0 Å². The lowest BCUT2D eigenvalue weighted by Gasteiger charge is -2.29. The number of aliphatic hydroxyl groups excluding tert-OH is 1. The Labute approximate surface area is 167 Å². The fourth-order valence-corrected chi connectivity index (χ4v) is 3.68. The van der Waals surface area contributed by atoms with Crippen LogP contribution in [-0.4, -0.2) is 59.1 Å². The van der Waals surface area contributed by atoms with E-state index in [1.165, 1.54) is 0 Å². The zero-order chi connectivity index (χ0) is 20.6. The minimum Gasteiger partial charge on any atom is -0.463 e. The molecule has 7 heteroatoms. The lowest BCUT2D eigenvalue weighted by atomic mass is 9.96. The maximum absolute atomic E-state index is 12.9. The van der Waals surface area contributed by atoms with E-state index in [0.717, 1.165) is 32.1 Å². The third-order valence-corrected chi connectivity index (χ3v) is 5.34. The second-order valence-corrected chi connectivity index (χ2v) is 8.45. The molecule has 28 heavy (non-hydrogen) atoms. The number of carbonyl (C=O) groups is 3. The van der Waals surface area contributed by atoms with Crippen molar-refractivity contribution in [1.29, 1.82) is 0 Å². The monoisotopic (exact) mass is 394 g/mol. The molecule has 0 aromatic rings. The van der Waals surface area contributed by atoms with Gasteiger partial charge in [0.15, 0.2) is 0 Å². The lowest BCUT2D eigenvalue weighted by Crippen LogP contribution is -2.50. The molecule has 2 heterocycles. The van der Waals surface area contributed by atoms with E-state index < -0.39 is 11.5 Å². The number of allylic oxidation sites excluding steroid dienone is 2. The molecule has 2 unspecified atom stereocenters. The van der Waals surface area contributed by atoms with Crippen molar-refractivity contribution in [1.82, 2.24) is 10.2 Å². The molecule has 0 aromatic heterocycles. The molecule has 158 valence electrons. The van der Waals surface area contributed by atoms with Gasteiger partial charge in [0.1, 0.15) is 6.61 Å². The van der Waals surface area contributed by atoms with Gasteiger partial charge in [0.25, 0.3) is 0 Å². The van der Waals surface area contributed by atoms with Crippen molar-refractivity contribution in [3.8, 4) is 0 Å². The first-order chi connectivity index (χ1) is 13.3. The van der Waals surface area contributed by atoms with Gasteiger partial charge in [-0.3, -0.25) is 14.4 Å². The van der Waals surface area contributed by atoms with E-state index in [-0.39, 0.29) is 43.5 Å². The number of nitrogens with zero attached hydrogens (tertiary/aromatic N) is 1. The molecule has 1 saturated heterocycles. The number of amides is 2. The molecule has 0 saturated carbocycles. The summed E-state index contributed by atoms with van der Waals surface area (Å²) in [4.78, 5) is 39.1. The molecule has 2 atom stereocenters. The molecule has 0 aliphatic carbocycles. The Morgan fingerprint density at radius 2 is 2.07 bits per heavy atom. The van der Waals surface area contributed by atoms with E-state index >= 15 is 0 Å². The first-order valence-corrected chi connectivity index (χ1v) is 10.4. The number of aliphatic hydroxyl groups is 1. The van der Waals surface area contributed by atoms with Gasteiger partial charge in [-0.1, -0.05) is 12.2 Å². The number of ether oxygens (including phenoxy) is 1. The molecule has 2 aliphatic heterocycles. The zero-order valence-corrected chi connectivity index (χ0v) is 17.1. The summed E-state index contributed by atoms with van der Waals surface area (Å²) in [5.74, 6) is -1.04. The lowest BCUT2D eigenvalue weighted by molar-refractivity contribution is -0.147. The van der Waals surface area contributed by atoms with Crippen LogP contribution in [0.1, 0.15) is 65.2 Å². The highest BCUT2D eigenvalue weighted by Gasteiger charge is 2.33. The van der Waals surface area contributed by atoms with Gasteiger partial charge in [-0.15, -0.1) is 0 Å². The summed E-state index contributed by atoms with van der Waals surface area (Å²) in [6.07, 6.45) is 9.14. The van der Waals surface area contributed by atoms with Gasteiger partial charge in [0.2, 0.25) is 11.8 Å². The highest BCUT2D eigenvalue weighted by Crippen LogP contribution is 2.22. The average Bonchev–Trinajstić information content (AvgIpc) is 3.12. The molecule has 0 aromatic carbocycles. The Balaban J connectivity index is 2.07. The molecule has 2 rings (SSSR count). The number of hydrogen-bond donors (Lipinski definition) is 2. The first-order valence-electron chi connectivity index (χ1n) is 10.4. The smallest absolute Gasteiger partial charge is 0.305 e. The van der Waals surface area contributed by atoms with E-state index in [4.69, 9.17) is 4.74 Å². The molecule has 2 aliphatic rings. The van der Waals surface area contributed by atoms with E-state index in [1.807, 2.05) is 12.2 Å². The fraction of sp³-hybridized carbons (Fsp3) is 0.762. The molecule has 0 radical (unpaired) electrons. The Kier molecular flexibility index (Phi) is 8.48. The van der Waals surface area contributed by atoms with E-state index in [9.17, 15) is 19.5 Å². The number of hydrogen-bond acceptors (Lipinski definition) is 5. The standard InChI is InChI=1S/C21H34N2O5/c1-21(2)15-28-19(26)11-7-5-3-4-6-9-16(20(27)22-21)13-18(25)23-12-8-10-17(23)14-24/h4,6,16-17,24H,3,5,7-15H2,1-2H3,(H,22,27). The Hall–Kier alpha value is -1.89. The number of nitrogens with one attached hydrogen (secondary N) is 1. The van der Waals surface area contributed by atoms with Crippen molar-refractivity contribution >= 4 is 17.8 Å². The maximum Gasteiger partial charge on any atom is 0.305 e. The van der Waals surface area contributed by atoms with Crippen LogP contribution in [0, 0.1) is 5.92 Å². The first kappa shape index (κ1) is 22.4. The maximum atomic E-state index is 12.9. The SMILES string of the molecule is CC1(C)COC(=O)CCCCC=CCC(CC(=O)N2CCCC2CO)C(=O)N1. The Morgan fingerprint density at radius 3 is 2.82 bits per heavy atom. The second-order valence-electron chi connectivity index (χ2n) is 8.45. The van der Waals surface area contributed by atoms with Crippen LogP contribution in [0.2, 0.25) is 0 Å². The summed E-state index contributed by atoms with van der Waals surface area (Å²) < 4.78 is 5.30. The quantitative estimate of drug-likeness (QED) is 0.563. The van der Waals surface area contributed by atoms with Gasteiger partial charge in [-0.05, 0) is 52.4 Å². The van der Waals surface area contributed by atoms with Gasteiger partial charge < -0.3 is 20.1 Å². The van der Waals surface area contributed by atoms with Crippen LogP contribution in [-0.2, 0) is 19.1 Å². The van der Waals surface area contributed by atoms with Crippen LogP contribution in [0.4, 0.5) is 0 Å². The summed E-state index contributed by atoms with van der Waals surface area (Å²) in [6, 6.07) is -0.138. The van der Waals surface area contributed by atoms with Gasteiger partial charge >= 0.3 is 5.97 Å². The summed E-state index contributed by atoms with van der Waals surface area (Å²) in [5.41, 5.74) is -0.705. The van der Waals surface area contributed by atoms with Gasteiger partial charge in [-0.2, -0.15) is 0 Å². The summed E-state index contributed by atoms with van der Waals surface area (Å²) >= 11 is 0. The Bertz CT molecular complexity index is 587. The average molecular weight is 395 g/mol. The molecular weight excluding hydrogens is 360 g/mol. The highest BCUT2D eigenvalue weighted by molar-refractivity contribution is 5.86. The largest absolute Gasteiger partial charge is 0.463 e. The topological polar surface area (TPSA) is 95.9 Å². The molecule has 1 fully saturated rings. The third-order valence-electron chi connectivity index (χ3n) is 5.34. The minimum atomic E-state index is -0.705. The predicted molar refractivity (Wildman–Crippen MR) is 105 cm³/mol. The number of esters is 1. The van der Waals surface area contributed by atoms with Crippen molar-refractivity contribution in [2.45, 2.75) is 76.8 Å².